The second-order valence-corrected chi connectivity index (χ2v) is 1.34. The van der Waals surface area contributed by atoms with Gasteiger partial charge in [0.05, 0.1) is 0 Å². The average molecular weight is 200 g/mol. The van der Waals surface area contributed by atoms with E-state index in [-0.39, 0.29) is 36.9 Å². The van der Waals surface area contributed by atoms with E-state index in [1.165, 1.54) is 0 Å². The van der Waals surface area contributed by atoms with Gasteiger partial charge in [-0.25, -0.2) is 0 Å². The van der Waals surface area contributed by atoms with Crippen LogP contribution < -0.4 is 12.4 Å². The topological polar surface area (TPSA) is 20.2 Å². The molecule has 1 N–H and O–H groups in total. The van der Waals surface area contributed by atoms with Crippen LogP contribution in [0.25, 0.3) is 0 Å². The SMILES string of the molecule is Oc1ccccc1.[CH3-].[Cl-].[Fe+2]. The summed E-state index contributed by atoms with van der Waals surface area (Å²) in [6, 6.07) is 8.71. The third kappa shape index (κ3) is 5.96. The third-order valence-corrected chi connectivity index (χ3v) is 0.756. The Balaban J connectivity index is -0.000000163. The van der Waals surface area contributed by atoms with Gasteiger partial charge in [-0.1, -0.05) is 18.2 Å². The maximum atomic E-state index is 8.63. The molecule has 0 saturated heterocycles. The van der Waals surface area contributed by atoms with Gasteiger partial charge in [0.25, 0.3) is 0 Å². The first kappa shape index (κ1) is 16.4. The van der Waals surface area contributed by atoms with Gasteiger partial charge in [0.2, 0.25) is 0 Å². The molecule has 10 heavy (non-hydrogen) atoms. The Kier molecular flexibility index (Phi) is 14.5. The molecule has 3 heteroatoms. The van der Waals surface area contributed by atoms with Crippen molar-refractivity contribution >= 4 is 0 Å². The molecule has 1 nitrogen and oxygen atoms in total. The number of rotatable bonds is 0. The number of para-hydroxylation sites is 1. The molecule has 0 aromatic heterocycles. The van der Waals surface area contributed by atoms with Gasteiger partial charge in [0.1, 0.15) is 5.75 Å². The molecule has 0 saturated carbocycles. The molecule has 0 aliphatic rings. The van der Waals surface area contributed by atoms with Crippen LogP contribution in [0.2, 0.25) is 0 Å². The Morgan fingerprint density at radius 1 is 1.00 bits per heavy atom. The van der Waals surface area contributed by atoms with E-state index in [1.54, 1.807) is 24.3 Å². The van der Waals surface area contributed by atoms with Gasteiger partial charge < -0.3 is 24.9 Å². The van der Waals surface area contributed by atoms with Crippen molar-refractivity contribution in [1.29, 1.82) is 0 Å². The van der Waals surface area contributed by atoms with Crippen molar-refractivity contribution in [3.63, 3.8) is 0 Å². The number of halogens is 1. The van der Waals surface area contributed by atoms with E-state index in [4.69, 9.17) is 5.11 Å². The summed E-state index contributed by atoms with van der Waals surface area (Å²) >= 11 is 0. The van der Waals surface area contributed by atoms with Crippen LogP contribution in [0.3, 0.4) is 0 Å². The van der Waals surface area contributed by atoms with Gasteiger partial charge in [-0.05, 0) is 12.1 Å². The van der Waals surface area contributed by atoms with E-state index in [0.29, 0.717) is 5.75 Å². The van der Waals surface area contributed by atoms with Crippen LogP contribution in [0.4, 0.5) is 0 Å². The Labute approximate surface area is 78.3 Å². The molecule has 58 valence electrons. The zero-order valence-electron chi connectivity index (χ0n) is 5.57. The minimum atomic E-state index is 0. The van der Waals surface area contributed by atoms with Crippen LogP contribution in [-0.4, -0.2) is 5.11 Å². The predicted octanol–water partition coefficient (Wildman–Crippen LogP) is -1.16. The van der Waals surface area contributed by atoms with Crippen molar-refractivity contribution in [3.8, 4) is 5.75 Å². The number of aromatic hydroxyl groups is 1. The van der Waals surface area contributed by atoms with Crippen molar-refractivity contribution in [1.82, 2.24) is 0 Å². The number of phenolic OH excluding ortho intramolecular Hbond substituents is 1. The van der Waals surface area contributed by atoms with Crippen LogP contribution in [0.5, 0.6) is 5.75 Å². The van der Waals surface area contributed by atoms with Gasteiger partial charge in [-0.15, -0.1) is 0 Å². The van der Waals surface area contributed by atoms with Crippen LogP contribution in [0, 0.1) is 7.43 Å². The minimum absolute atomic E-state index is 0. The molecule has 0 radical (unpaired) electrons. The first-order chi connectivity index (χ1) is 3.39. The molecule has 0 fully saturated rings. The van der Waals surface area contributed by atoms with E-state index < -0.39 is 0 Å². The molecule has 0 aliphatic carbocycles. The van der Waals surface area contributed by atoms with Gasteiger partial charge in [-0.3, -0.25) is 0 Å². The first-order valence-corrected chi connectivity index (χ1v) is 2.13. The number of hydrogen-bond acceptors (Lipinski definition) is 1. The monoisotopic (exact) mass is 200 g/mol. The summed E-state index contributed by atoms with van der Waals surface area (Å²) in [7, 11) is 0. The van der Waals surface area contributed by atoms with Crippen LogP contribution in [0.1, 0.15) is 0 Å². The van der Waals surface area contributed by atoms with Crippen LogP contribution >= 0.6 is 0 Å². The van der Waals surface area contributed by atoms with Crippen LogP contribution in [0.15, 0.2) is 30.3 Å². The fraction of sp³-hybridized carbons (Fsp3) is 0. The van der Waals surface area contributed by atoms with Gasteiger partial charge in [-0.2, -0.15) is 0 Å². The molecule has 1 aromatic carbocycles. The maximum absolute atomic E-state index is 8.63. The minimum Gasteiger partial charge on any atom is -1.00 e. The summed E-state index contributed by atoms with van der Waals surface area (Å²) < 4.78 is 0. The second kappa shape index (κ2) is 8.83. The molecule has 0 unspecified atom stereocenters. The third-order valence-electron chi connectivity index (χ3n) is 0.756. The molecule has 0 spiro atoms. The van der Waals surface area contributed by atoms with Crippen LogP contribution in [-0.2, 0) is 17.1 Å². The largest absolute Gasteiger partial charge is 2.00 e. The molecule has 1 aromatic rings. The Morgan fingerprint density at radius 3 is 1.60 bits per heavy atom. The molecule has 0 atom stereocenters. The van der Waals surface area contributed by atoms with Crippen molar-refractivity contribution in [3.05, 3.63) is 37.8 Å². The van der Waals surface area contributed by atoms with Crippen molar-refractivity contribution in [2.24, 2.45) is 0 Å². The summed E-state index contributed by atoms with van der Waals surface area (Å²) in [6.45, 7) is 0. The predicted molar refractivity (Wildman–Crippen MR) is 34.5 cm³/mol. The van der Waals surface area contributed by atoms with E-state index >= 15 is 0 Å². The molecule has 0 bridgehead atoms. The van der Waals surface area contributed by atoms with Gasteiger partial charge >= 0.3 is 17.1 Å². The summed E-state index contributed by atoms with van der Waals surface area (Å²) in [5.74, 6) is 0.322. The smallest absolute Gasteiger partial charge is 1.00 e. The normalized spacial score (nSPS) is 6.00. The number of phenols is 1. The standard InChI is InChI=1S/C6H6O.CH3.ClH.Fe/c7-6-4-2-1-3-5-6;;;/h1-5,7H;1H3;1H;/q;-1;;+2/p-1. The van der Waals surface area contributed by atoms with E-state index in [9.17, 15) is 0 Å². The van der Waals surface area contributed by atoms with E-state index in [2.05, 4.69) is 0 Å². The number of benzene rings is 1. The molecule has 0 heterocycles. The Hall–Kier alpha value is -0.171. The average Bonchev–Trinajstić information content (AvgIpc) is 1.69. The molecule has 0 aliphatic heterocycles. The van der Waals surface area contributed by atoms with Gasteiger partial charge in [0.15, 0.2) is 0 Å². The molecular formula is C7H9ClFeO. The van der Waals surface area contributed by atoms with E-state index in [1.807, 2.05) is 6.07 Å². The molecule has 0 amide bonds. The maximum Gasteiger partial charge on any atom is 2.00 e. The Bertz CT molecular complexity index is 144. The summed E-state index contributed by atoms with van der Waals surface area (Å²) in [6.07, 6.45) is 0. The van der Waals surface area contributed by atoms with Crippen molar-refractivity contribution in [2.75, 3.05) is 0 Å². The van der Waals surface area contributed by atoms with Crippen molar-refractivity contribution in [2.45, 2.75) is 0 Å². The van der Waals surface area contributed by atoms with Crippen molar-refractivity contribution < 1.29 is 34.6 Å². The summed E-state index contributed by atoms with van der Waals surface area (Å²) in [5.41, 5.74) is 0. The summed E-state index contributed by atoms with van der Waals surface area (Å²) in [5, 5.41) is 8.63. The summed E-state index contributed by atoms with van der Waals surface area (Å²) in [4.78, 5) is 0. The Morgan fingerprint density at radius 2 is 1.40 bits per heavy atom. The molecule has 1 rings (SSSR count). The zero-order chi connectivity index (χ0) is 5.11. The quantitative estimate of drug-likeness (QED) is 0.414. The van der Waals surface area contributed by atoms with Gasteiger partial charge in [0, 0.05) is 0 Å². The molecular weight excluding hydrogens is 191 g/mol. The number of hydrogen-bond donors (Lipinski definition) is 1. The fourth-order valence-electron chi connectivity index (χ4n) is 0.428. The van der Waals surface area contributed by atoms with E-state index in [0.717, 1.165) is 0 Å². The zero-order valence-corrected chi connectivity index (χ0v) is 7.43. The first-order valence-electron chi connectivity index (χ1n) is 2.13. The second-order valence-electron chi connectivity index (χ2n) is 1.34. The fourth-order valence-corrected chi connectivity index (χ4v) is 0.428.